The Labute approximate surface area is 134 Å². The molecule has 0 aliphatic heterocycles. The van der Waals surface area contributed by atoms with Crippen molar-refractivity contribution in [2.75, 3.05) is 0 Å². The molecule has 0 aliphatic rings. The van der Waals surface area contributed by atoms with Gasteiger partial charge in [0.05, 0.1) is 0 Å². The number of pyridine rings is 1. The number of halogens is 1. The molecule has 0 fully saturated rings. The third kappa shape index (κ3) is 5.48. The van der Waals surface area contributed by atoms with Gasteiger partial charge in [-0.15, -0.1) is 0 Å². The van der Waals surface area contributed by atoms with Crippen LogP contribution in [0.25, 0.3) is 0 Å². The zero-order chi connectivity index (χ0) is 15.3. The van der Waals surface area contributed by atoms with Crippen molar-refractivity contribution in [2.45, 2.75) is 39.5 Å². The topological polar surface area (TPSA) is 34.1 Å². The van der Waals surface area contributed by atoms with Gasteiger partial charge in [-0.3, -0.25) is 0 Å². The highest BCUT2D eigenvalue weighted by Gasteiger charge is 2.08. The van der Waals surface area contributed by atoms with E-state index in [2.05, 4.69) is 47.0 Å². The second kappa shape index (κ2) is 7.05. The third-order valence-corrected chi connectivity index (χ3v) is 3.73. The first kappa shape index (κ1) is 16.0. The van der Waals surface area contributed by atoms with Gasteiger partial charge in [0.1, 0.15) is 6.61 Å². The van der Waals surface area contributed by atoms with Gasteiger partial charge in [0.25, 0.3) is 0 Å². The Morgan fingerprint density at radius 1 is 1.14 bits per heavy atom. The van der Waals surface area contributed by atoms with Crippen LogP contribution in [0.1, 0.15) is 31.9 Å². The first-order chi connectivity index (χ1) is 9.94. The fourth-order valence-corrected chi connectivity index (χ4v) is 2.13. The van der Waals surface area contributed by atoms with Crippen molar-refractivity contribution >= 4 is 15.9 Å². The summed E-state index contributed by atoms with van der Waals surface area (Å²) in [7, 11) is 0. The van der Waals surface area contributed by atoms with Crippen LogP contribution < -0.4 is 10.1 Å². The quantitative estimate of drug-likeness (QED) is 0.873. The number of nitrogens with zero attached hydrogens (tertiary/aromatic N) is 1. The van der Waals surface area contributed by atoms with E-state index >= 15 is 0 Å². The number of hydrogen-bond donors (Lipinski definition) is 1. The lowest BCUT2D eigenvalue weighted by Crippen LogP contribution is -2.35. The van der Waals surface area contributed by atoms with Gasteiger partial charge < -0.3 is 10.1 Å². The number of rotatable bonds is 5. The summed E-state index contributed by atoms with van der Waals surface area (Å²) in [6.07, 6.45) is 1.86. The van der Waals surface area contributed by atoms with Gasteiger partial charge in [0, 0.05) is 34.4 Å². The molecule has 0 aliphatic carbocycles. The van der Waals surface area contributed by atoms with Crippen LogP contribution in [-0.2, 0) is 13.2 Å². The Morgan fingerprint density at radius 3 is 2.52 bits per heavy atom. The van der Waals surface area contributed by atoms with Crippen LogP contribution in [-0.4, -0.2) is 10.5 Å². The Bertz CT molecular complexity index is 576. The van der Waals surface area contributed by atoms with E-state index in [1.165, 1.54) is 0 Å². The maximum atomic E-state index is 5.71. The summed E-state index contributed by atoms with van der Waals surface area (Å²) < 4.78 is 6.76. The standard InChI is InChI=1S/C17H21BrN2O/c1-17(2,3)20-11-13-8-9-16(19-10-13)21-12-14-6-4-5-7-15(14)18/h4-10,20H,11-12H2,1-3H3. The van der Waals surface area contributed by atoms with Gasteiger partial charge >= 0.3 is 0 Å². The first-order valence-electron chi connectivity index (χ1n) is 7.00. The van der Waals surface area contributed by atoms with Gasteiger partial charge in [0.2, 0.25) is 5.88 Å². The predicted octanol–water partition coefficient (Wildman–Crippen LogP) is 4.31. The Kier molecular flexibility index (Phi) is 5.37. The lowest BCUT2D eigenvalue weighted by atomic mass is 10.1. The van der Waals surface area contributed by atoms with Crippen molar-refractivity contribution in [1.82, 2.24) is 10.3 Å². The van der Waals surface area contributed by atoms with Crippen molar-refractivity contribution in [1.29, 1.82) is 0 Å². The summed E-state index contributed by atoms with van der Waals surface area (Å²) in [6, 6.07) is 12.0. The van der Waals surface area contributed by atoms with Crippen LogP contribution >= 0.6 is 15.9 Å². The van der Waals surface area contributed by atoms with E-state index in [1.807, 2.05) is 42.6 Å². The van der Waals surface area contributed by atoms with Crippen molar-refractivity contribution < 1.29 is 4.74 Å². The largest absolute Gasteiger partial charge is 0.473 e. The van der Waals surface area contributed by atoms with Gasteiger partial charge in [-0.2, -0.15) is 0 Å². The van der Waals surface area contributed by atoms with E-state index in [9.17, 15) is 0 Å². The number of nitrogens with one attached hydrogen (secondary N) is 1. The molecule has 0 radical (unpaired) electrons. The molecule has 1 aromatic carbocycles. The van der Waals surface area contributed by atoms with E-state index in [1.54, 1.807) is 0 Å². The molecule has 2 aromatic rings. The maximum absolute atomic E-state index is 5.71. The van der Waals surface area contributed by atoms with Crippen molar-refractivity contribution in [3.63, 3.8) is 0 Å². The lowest BCUT2D eigenvalue weighted by molar-refractivity contribution is 0.293. The fraction of sp³-hybridized carbons (Fsp3) is 0.353. The molecule has 1 N–H and O–H groups in total. The lowest BCUT2D eigenvalue weighted by Gasteiger charge is -2.20. The fourth-order valence-electron chi connectivity index (χ4n) is 1.74. The van der Waals surface area contributed by atoms with Crippen LogP contribution in [0.15, 0.2) is 47.1 Å². The molecule has 112 valence electrons. The summed E-state index contributed by atoms with van der Waals surface area (Å²) in [5.41, 5.74) is 2.37. The average molecular weight is 349 g/mol. The smallest absolute Gasteiger partial charge is 0.213 e. The monoisotopic (exact) mass is 348 g/mol. The first-order valence-corrected chi connectivity index (χ1v) is 7.79. The molecule has 3 nitrogen and oxygen atoms in total. The zero-order valence-corrected chi connectivity index (χ0v) is 14.3. The molecule has 21 heavy (non-hydrogen) atoms. The minimum atomic E-state index is 0.106. The molecule has 0 unspecified atom stereocenters. The highest BCUT2D eigenvalue weighted by molar-refractivity contribution is 9.10. The summed E-state index contributed by atoms with van der Waals surface area (Å²) in [4.78, 5) is 4.35. The highest BCUT2D eigenvalue weighted by atomic mass is 79.9. The summed E-state index contributed by atoms with van der Waals surface area (Å²) in [5.74, 6) is 0.644. The minimum absolute atomic E-state index is 0.106. The normalized spacial score (nSPS) is 11.4. The van der Waals surface area contributed by atoms with E-state index < -0.39 is 0 Å². The Morgan fingerprint density at radius 2 is 1.90 bits per heavy atom. The Balaban J connectivity index is 1.89. The molecule has 0 atom stereocenters. The van der Waals surface area contributed by atoms with Gasteiger partial charge in [-0.25, -0.2) is 4.98 Å². The second-order valence-electron chi connectivity index (χ2n) is 5.99. The number of ether oxygens (including phenoxy) is 1. The van der Waals surface area contributed by atoms with Crippen LogP contribution in [0.5, 0.6) is 5.88 Å². The van der Waals surface area contributed by atoms with Crippen LogP contribution in [0.3, 0.4) is 0 Å². The van der Waals surface area contributed by atoms with Crippen molar-refractivity contribution in [3.05, 3.63) is 58.2 Å². The molecule has 1 heterocycles. The van der Waals surface area contributed by atoms with Gasteiger partial charge in [-0.05, 0) is 32.4 Å². The second-order valence-corrected chi connectivity index (χ2v) is 6.84. The predicted molar refractivity (Wildman–Crippen MR) is 89.3 cm³/mol. The zero-order valence-electron chi connectivity index (χ0n) is 12.7. The average Bonchev–Trinajstić information content (AvgIpc) is 2.45. The molecule has 0 bridgehead atoms. The van der Waals surface area contributed by atoms with Gasteiger partial charge in [0.15, 0.2) is 0 Å². The van der Waals surface area contributed by atoms with E-state index in [4.69, 9.17) is 4.74 Å². The van der Waals surface area contributed by atoms with Crippen LogP contribution in [0, 0.1) is 0 Å². The molecule has 0 amide bonds. The molecular formula is C17H21BrN2O. The highest BCUT2D eigenvalue weighted by Crippen LogP contribution is 2.18. The SMILES string of the molecule is CC(C)(C)NCc1ccc(OCc2ccccc2Br)nc1. The van der Waals surface area contributed by atoms with Crippen molar-refractivity contribution in [2.24, 2.45) is 0 Å². The third-order valence-electron chi connectivity index (χ3n) is 2.95. The van der Waals surface area contributed by atoms with Crippen molar-refractivity contribution in [3.8, 4) is 5.88 Å². The number of hydrogen-bond acceptors (Lipinski definition) is 3. The van der Waals surface area contributed by atoms with Gasteiger partial charge in [-0.1, -0.05) is 40.2 Å². The summed E-state index contributed by atoms with van der Waals surface area (Å²) in [6.45, 7) is 7.76. The van der Waals surface area contributed by atoms with E-state index in [-0.39, 0.29) is 5.54 Å². The van der Waals surface area contributed by atoms with Crippen LogP contribution in [0.2, 0.25) is 0 Å². The molecule has 2 rings (SSSR count). The van der Waals surface area contributed by atoms with E-state index in [0.29, 0.717) is 12.5 Å². The van der Waals surface area contributed by atoms with E-state index in [0.717, 1.165) is 22.1 Å². The molecule has 0 saturated carbocycles. The summed E-state index contributed by atoms with van der Waals surface area (Å²) in [5, 5.41) is 3.44. The molecule has 0 spiro atoms. The minimum Gasteiger partial charge on any atom is -0.473 e. The molecule has 4 heteroatoms. The Hall–Kier alpha value is -1.39. The molecular weight excluding hydrogens is 328 g/mol. The summed E-state index contributed by atoms with van der Waals surface area (Å²) >= 11 is 3.51. The number of benzene rings is 1. The number of aromatic nitrogens is 1. The molecule has 0 saturated heterocycles. The maximum Gasteiger partial charge on any atom is 0.213 e. The molecule has 1 aromatic heterocycles. The van der Waals surface area contributed by atoms with Crippen LogP contribution in [0.4, 0.5) is 0 Å².